The molecule has 4 nitrogen and oxygen atoms in total. The van der Waals surface area contributed by atoms with Crippen LogP contribution in [-0.2, 0) is 11.3 Å². The minimum absolute atomic E-state index is 0.521. The van der Waals surface area contributed by atoms with Crippen LogP contribution >= 0.6 is 22.7 Å². The lowest BCUT2D eigenvalue weighted by Gasteiger charge is -1.96. The summed E-state index contributed by atoms with van der Waals surface area (Å²) in [6, 6.07) is 1.92. The molecule has 0 amide bonds. The van der Waals surface area contributed by atoms with Crippen molar-refractivity contribution < 1.29 is 4.74 Å². The van der Waals surface area contributed by atoms with E-state index in [4.69, 9.17) is 4.74 Å². The number of thiazole rings is 2. The van der Waals surface area contributed by atoms with Crippen LogP contribution in [0.5, 0.6) is 0 Å². The van der Waals surface area contributed by atoms with Gasteiger partial charge in [-0.3, -0.25) is 4.98 Å². The predicted molar refractivity (Wildman–Crippen MR) is 69.2 cm³/mol. The largest absolute Gasteiger partial charge is 0.378 e. The Morgan fingerprint density at radius 1 is 1.41 bits per heavy atom. The van der Waals surface area contributed by atoms with E-state index in [1.165, 1.54) is 0 Å². The van der Waals surface area contributed by atoms with Crippen LogP contribution < -0.4 is 0 Å². The average molecular weight is 263 g/mol. The van der Waals surface area contributed by atoms with Crippen LogP contribution in [0.15, 0.2) is 24.0 Å². The van der Waals surface area contributed by atoms with Crippen molar-refractivity contribution in [3.63, 3.8) is 0 Å². The first-order valence-electron chi connectivity index (χ1n) is 5.00. The summed E-state index contributed by atoms with van der Waals surface area (Å²) in [4.78, 5) is 14.1. The van der Waals surface area contributed by atoms with Crippen LogP contribution in [0.1, 0.15) is 5.69 Å². The second-order valence-corrected chi connectivity index (χ2v) is 5.31. The molecule has 0 spiro atoms. The molecule has 0 aromatic carbocycles. The van der Waals surface area contributed by atoms with Gasteiger partial charge in [-0.15, -0.1) is 22.7 Å². The molecule has 0 aliphatic rings. The molecular formula is C11H9N3OS2. The number of hydrogen-bond acceptors (Lipinski definition) is 6. The third kappa shape index (κ3) is 1.95. The standard InChI is InChI=1S/C11H9N3OS2/c1-15-5-8-10(16-6-13-8)11-14-7-2-3-12-4-9(7)17-11/h2-4,6H,5H2,1H3. The molecule has 0 aliphatic carbocycles. The van der Waals surface area contributed by atoms with E-state index >= 15 is 0 Å². The van der Waals surface area contributed by atoms with E-state index in [2.05, 4.69) is 15.0 Å². The normalized spacial score (nSPS) is 11.1. The zero-order valence-electron chi connectivity index (χ0n) is 9.08. The second-order valence-electron chi connectivity index (χ2n) is 3.42. The zero-order chi connectivity index (χ0) is 11.7. The summed E-state index contributed by atoms with van der Waals surface area (Å²) in [6.07, 6.45) is 3.60. The van der Waals surface area contributed by atoms with Crippen molar-refractivity contribution in [2.24, 2.45) is 0 Å². The van der Waals surface area contributed by atoms with Crippen molar-refractivity contribution in [1.82, 2.24) is 15.0 Å². The Labute approximate surface area is 106 Å². The van der Waals surface area contributed by atoms with E-state index in [0.29, 0.717) is 6.61 Å². The highest BCUT2D eigenvalue weighted by Gasteiger charge is 2.13. The number of aromatic nitrogens is 3. The smallest absolute Gasteiger partial charge is 0.136 e. The molecule has 3 aromatic rings. The minimum atomic E-state index is 0.521. The fourth-order valence-corrected chi connectivity index (χ4v) is 3.40. The topological polar surface area (TPSA) is 47.9 Å². The van der Waals surface area contributed by atoms with Gasteiger partial charge in [-0.25, -0.2) is 9.97 Å². The van der Waals surface area contributed by atoms with E-state index in [1.54, 1.807) is 36.0 Å². The Balaban J connectivity index is 2.10. The van der Waals surface area contributed by atoms with Gasteiger partial charge in [0.1, 0.15) is 5.01 Å². The number of rotatable bonds is 3. The third-order valence-electron chi connectivity index (χ3n) is 2.31. The van der Waals surface area contributed by atoms with Gasteiger partial charge in [-0.1, -0.05) is 0 Å². The molecule has 0 N–H and O–H groups in total. The first-order chi connectivity index (χ1) is 8.38. The Bertz CT molecular complexity index is 614. The highest BCUT2D eigenvalue weighted by Crippen LogP contribution is 2.34. The lowest BCUT2D eigenvalue weighted by atomic mass is 10.4. The van der Waals surface area contributed by atoms with Crippen LogP contribution in [0.4, 0.5) is 0 Å². The number of ether oxygens (including phenoxy) is 1. The van der Waals surface area contributed by atoms with Crippen molar-refractivity contribution in [3.05, 3.63) is 29.7 Å². The van der Waals surface area contributed by atoms with Crippen LogP contribution in [0.25, 0.3) is 20.1 Å². The molecule has 0 bridgehead atoms. The Hall–Kier alpha value is -1.37. The lowest BCUT2D eigenvalue weighted by Crippen LogP contribution is -1.89. The molecule has 0 atom stereocenters. The fourth-order valence-electron chi connectivity index (χ4n) is 1.56. The summed E-state index contributed by atoms with van der Waals surface area (Å²) >= 11 is 3.23. The van der Waals surface area contributed by atoms with E-state index < -0.39 is 0 Å². The molecule has 0 saturated carbocycles. The number of methoxy groups -OCH3 is 1. The number of nitrogens with zero attached hydrogens (tertiary/aromatic N) is 3. The summed E-state index contributed by atoms with van der Waals surface area (Å²) in [6.45, 7) is 0.521. The van der Waals surface area contributed by atoms with Gasteiger partial charge in [-0.2, -0.15) is 0 Å². The molecule has 0 saturated heterocycles. The van der Waals surface area contributed by atoms with E-state index in [0.717, 1.165) is 25.8 Å². The molecule has 86 valence electrons. The summed E-state index contributed by atoms with van der Waals surface area (Å²) in [7, 11) is 1.67. The van der Waals surface area contributed by atoms with E-state index in [1.807, 2.05) is 17.8 Å². The molecule has 3 rings (SSSR count). The van der Waals surface area contributed by atoms with Crippen LogP contribution in [0, 0.1) is 0 Å². The molecule has 3 heterocycles. The number of pyridine rings is 1. The highest BCUT2D eigenvalue weighted by molar-refractivity contribution is 7.25. The quantitative estimate of drug-likeness (QED) is 0.729. The summed E-state index contributed by atoms with van der Waals surface area (Å²) in [5.41, 5.74) is 3.76. The minimum Gasteiger partial charge on any atom is -0.378 e. The lowest BCUT2D eigenvalue weighted by molar-refractivity contribution is 0.182. The van der Waals surface area contributed by atoms with Crippen LogP contribution in [0.2, 0.25) is 0 Å². The maximum Gasteiger partial charge on any atom is 0.136 e. The van der Waals surface area contributed by atoms with Crippen LogP contribution in [0.3, 0.4) is 0 Å². The number of hydrogen-bond donors (Lipinski definition) is 0. The van der Waals surface area contributed by atoms with Crippen molar-refractivity contribution in [2.45, 2.75) is 6.61 Å². The van der Waals surface area contributed by atoms with E-state index in [9.17, 15) is 0 Å². The monoisotopic (exact) mass is 263 g/mol. The van der Waals surface area contributed by atoms with Crippen molar-refractivity contribution in [1.29, 1.82) is 0 Å². The zero-order valence-corrected chi connectivity index (χ0v) is 10.7. The number of fused-ring (bicyclic) bond motifs is 1. The van der Waals surface area contributed by atoms with Gasteiger partial charge in [0, 0.05) is 19.5 Å². The fraction of sp³-hybridized carbons (Fsp3) is 0.182. The van der Waals surface area contributed by atoms with Gasteiger partial charge in [0.15, 0.2) is 0 Å². The Morgan fingerprint density at radius 3 is 3.18 bits per heavy atom. The SMILES string of the molecule is COCc1ncsc1-c1nc2ccncc2s1. The molecular weight excluding hydrogens is 254 g/mol. The van der Waals surface area contributed by atoms with E-state index in [-0.39, 0.29) is 0 Å². The van der Waals surface area contributed by atoms with Gasteiger partial charge in [0.05, 0.1) is 32.9 Å². The van der Waals surface area contributed by atoms with Gasteiger partial charge in [0.2, 0.25) is 0 Å². The van der Waals surface area contributed by atoms with Gasteiger partial charge in [0.25, 0.3) is 0 Å². The van der Waals surface area contributed by atoms with Gasteiger partial charge in [-0.05, 0) is 6.07 Å². The summed E-state index contributed by atoms with van der Waals surface area (Å²) in [5, 5.41) is 0.988. The highest BCUT2D eigenvalue weighted by atomic mass is 32.1. The molecule has 0 unspecified atom stereocenters. The van der Waals surface area contributed by atoms with Crippen molar-refractivity contribution in [3.8, 4) is 9.88 Å². The van der Waals surface area contributed by atoms with Crippen molar-refractivity contribution in [2.75, 3.05) is 7.11 Å². The molecule has 0 radical (unpaired) electrons. The average Bonchev–Trinajstić information content (AvgIpc) is 2.94. The second kappa shape index (κ2) is 4.48. The summed E-state index contributed by atoms with van der Waals surface area (Å²) in [5.74, 6) is 0. The Morgan fingerprint density at radius 2 is 2.35 bits per heavy atom. The maximum absolute atomic E-state index is 5.13. The molecule has 6 heteroatoms. The van der Waals surface area contributed by atoms with Crippen LogP contribution in [-0.4, -0.2) is 22.1 Å². The molecule has 3 aromatic heterocycles. The Kier molecular flexibility index (Phi) is 2.84. The summed E-state index contributed by atoms with van der Waals surface area (Å²) < 4.78 is 6.23. The maximum atomic E-state index is 5.13. The molecule has 0 fully saturated rings. The van der Waals surface area contributed by atoms with Gasteiger partial charge >= 0.3 is 0 Å². The first kappa shape index (κ1) is 10.8. The third-order valence-corrected chi connectivity index (χ3v) is 4.34. The van der Waals surface area contributed by atoms with Crippen molar-refractivity contribution >= 4 is 32.9 Å². The molecule has 0 aliphatic heterocycles. The molecule has 17 heavy (non-hydrogen) atoms. The predicted octanol–water partition coefficient (Wildman–Crippen LogP) is 2.96. The first-order valence-corrected chi connectivity index (χ1v) is 6.70. The van der Waals surface area contributed by atoms with Gasteiger partial charge < -0.3 is 4.74 Å².